The first-order chi connectivity index (χ1) is 11.0. The van der Waals surface area contributed by atoms with E-state index in [1.54, 1.807) is 11.1 Å². The minimum atomic E-state index is -0.251. The molecule has 1 aromatic heterocycles. The van der Waals surface area contributed by atoms with Crippen molar-refractivity contribution in [2.24, 2.45) is 5.92 Å². The van der Waals surface area contributed by atoms with Crippen LogP contribution in [-0.4, -0.2) is 58.4 Å². The summed E-state index contributed by atoms with van der Waals surface area (Å²) in [6, 6.07) is 5.72. The van der Waals surface area contributed by atoms with Gasteiger partial charge < -0.3 is 14.5 Å². The zero-order chi connectivity index (χ0) is 16.4. The van der Waals surface area contributed by atoms with E-state index in [4.69, 9.17) is 4.74 Å². The van der Waals surface area contributed by atoms with Gasteiger partial charge >= 0.3 is 0 Å². The number of hydrogen-bond acceptors (Lipinski definition) is 4. The van der Waals surface area contributed by atoms with Crippen LogP contribution < -0.4 is 0 Å². The number of hydrogen-bond donors (Lipinski definition) is 0. The molecule has 0 spiro atoms. The van der Waals surface area contributed by atoms with E-state index < -0.39 is 0 Å². The van der Waals surface area contributed by atoms with Gasteiger partial charge in [0.1, 0.15) is 0 Å². The second-order valence-corrected chi connectivity index (χ2v) is 6.48. The Labute approximate surface area is 136 Å². The first kappa shape index (κ1) is 15.9. The zero-order valence-corrected chi connectivity index (χ0v) is 13.6. The molecule has 124 valence electrons. The SMILES string of the molecule is C[C@@H]1CN(C(=O)[C@@H]2CC(=O)N(Cc3ccccn3)C2)[C@H](C)CO1. The predicted octanol–water partition coefficient (Wildman–Crippen LogP) is 1.07. The normalized spacial score (nSPS) is 28.3. The lowest BCUT2D eigenvalue weighted by atomic mass is 10.0. The standard InChI is InChI=1S/C17H23N3O3/c1-12-11-23-13(2)8-20(12)17(22)14-7-16(21)19(9-14)10-15-5-3-4-6-18-15/h3-6,12-14H,7-11H2,1-2H3/t12-,13-,14-/m1/s1. The molecule has 23 heavy (non-hydrogen) atoms. The van der Waals surface area contributed by atoms with Crippen molar-refractivity contribution < 1.29 is 14.3 Å². The van der Waals surface area contributed by atoms with E-state index in [9.17, 15) is 9.59 Å². The molecule has 0 N–H and O–H groups in total. The summed E-state index contributed by atoms with van der Waals surface area (Å²) in [5.41, 5.74) is 0.849. The molecule has 3 heterocycles. The van der Waals surface area contributed by atoms with Crippen molar-refractivity contribution in [1.82, 2.24) is 14.8 Å². The first-order valence-corrected chi connectivity index (χ1v) is 8.14. The number of carbonyl (C=O) groups excluding carboxylic acids is 2. The van der Waals surface area contributed by atoms with Crippen LogP contribution in [0, 0.1) is 5.92 Å². The molecular weight excluding hydrogens is 294 g/mol. The van der Waals surface area contributed by atoms with Crippen LogP contribution in [0.25, 0.3) is 0 Å². The Bertz CT molecular complexity index is 578. The van der Waals surface area contributed by atoms with Crippen LogP contribution in [0.5, 0.6) is 0 Å². The van der Waals surface area contributed by atoms with Gasteiger partial charge in [-0.2, -0.15) is 0 Å². The fraction of sp³-hybridized carbons (Fsp3) is 0.588. The third-order valence-electron chi connectivity index (χ3n) is 4.53. The van der Waals surface area contributed by atoms with Crippen LogP contribution in [0.4, 0.5) is 0 Å². The molecule has 0 bridgehead atoms. The lowest BCUT2D eigenvalue weighted by Gasteiger charge is -2.38. The third-order valence-corrected chi connectivity index (χ3v) is 4.53. The maximum absolute atomic E-state index is 12.8. The average Bonchev–Trinajstić information content (AvgIpc) is 2.91. The molecule has 0 saturated carbocycles. The van der Waals surface area contributed by atoms with E-state index in [0.717, 1.165) is 5.69 Å². The highest BCUT2D eigenvalue weighted by Crippen LogP contribution is 2.24. The summed E-state index contributed by atoms with van der Waals surface area (Å²) in [5.74, 6) is -0.147. The summed E-state index contributed by atoms with van der Waals surface area (Å²) in [4.78, 5) is 32.9. The zero-order valence-electron chi connectivity index (χ0n) is 13.6. The summed E-state index contributed by atoms with van der Waals surface area (Å²) >= 11 is 0. The maximum atomic E-state index is 12.8. The Hall–Kier alpha value is -1.95. The van der Waals surface area contributed by atoms with Crippen LogP contribution in [0.15, 0.2) is 24.4 Å². The number of ether oxygens (including phenoxy) is 1. The van der Waals surface area contributed by atoms with E-state index in [2.05, 4.69) is 4.98 Å². The number of carbonyl (C=O) groups is 2. The van der Waals surface area contributed by atoms with Crippen molar-refractivity contribution in [3.8, 4) is 0 Å². The van der Waals surface area contributed by atoms with Gasteiger partial charge in [0.15, 0.2) is 0 Å². The van der Waals surface area contributed by atoms with Crippen LogP contribution in [0.1, 0.15) is 26.0 Å². The molecule has 2 saturated heterocycles. The fourth-order valence-electron chi connectivity index (χ4n) is 3.22. The van der Waals surface area contributed by atoms with Gasteiger partial charge in [0.2, 0.25) is 11.8 Å². The second-order valence-electron chi connectivity index (χ2n) is 6.48. The molecule has 3 atom stereocenters. The summed E-state index contributed by atoms with van der Waals surface area (Å²) in [7, 11) is 0. The average molecular weight is 317 g/mol. The first-order valence-electron chi connectivity index (χ1n) is 8.14. The van der Waals surface area contributed by atoms with Gasteiger partial charge in [-0.1, -0.05) is 6.07 Å². The molecule has 0 aromatic carbocycles. The number of likely N-dealkylation sites (tertiary alicyclic amines) is 1. The number of rotatable bonds is 3. The van der Waals surface area contributed by atoms with Gasteiger partial charge in [-0.3, -0.25) is 14.6 Å². The smallest absolute Gasteiger partial charge is 0.228 e. The summed E-state index contributed by atoms with van der Waals surface area (Å²) in [6.07, 6.45) is 2.07. The molecule has 0 unspecified atom stereocenters. The number of pyridine rings is 1. The molecule has 6 nitrogen and oxygen atoms in total. The van der Waals surface area contributed by atoms with Crippen LogP contribution in [-0.2, 0) is 20.9 Å². The molecule has 2 aliphatic rings. The van der Waals surface area contributed by atoms with Crippen molar-refractivity contribution in [3.05, 3.63) is 30.1 Å². The molecule has 3 rings (SSSR count). The number of amides is 2. The highest BCUT2D eigenvalue weighted by Gasteiger charge is 2.39. The van der Waals surface area contributed by atoms with Crippen LogP contribution >= 0.6 is 0 Å². The molecule has 1 aromatic rings. The Morgan fingerprint density at radius 3 is 2.91 bits per heavy atom. The molecule has 0 radical (unpaired) electrons. The van der Waals surface area contributed by atoms with Gasteiger partial charge in [0, 0.05) is 25.7 Å². The lowest BCUT2D eigenvalue weighted by Crippen LogP contribution is -2.52. The number of morpholine rings is 1. The molecule has 0 aliphatic carbocycles. The van der Waals surface area contributed by atoms with E-state index in [-0.39, 0.29) is 29.9 Å². The molecule has 2 aliphatic heterocycles. The minimum Gasteiger partial charge on any atom is -0.375 e. The molecule has 2 fully saturated rings. The Kier molecular flexibility index (Phi) is 4.61. The minimum absolute atomic E-state index is 0.0305. The van der Waals surface area contributed by atoms with Crippen molar-refractivity contribution in [2.75, 3.05) is 19.7 Å². The quantitative estimate of drug-likeness (QED) is 0.836. The third kappa shape index (κ3) is 3.52. The van der Waals surface area contributed by atoms with Crippen molar-refractivity contribution >= 4 is 11.8 Å². The fourth-order valence-corrected chi connectivity index (χ4v) is 3.22. The number of nitrogens with zero attached hydrogens (tertiary/aromatic N) is 3. The highest BCUT2D eigenvalue weighted by atomic mass is 16.5. The van der Waals surface area contributed by atoms with Crippen molar-refractivity contribution in [3.63, 3.8) is 0 Å². The van der Waals surface area contributed by atoms with Gasteiger partial charge in [0.05, 0.1) is 36.9 Å². The van der Waals surface area contributed by atoms with E-state index in [1.807, 2.05) is 36.9 Å². The van der Waals surface area contributed by atoms with Gasteiger partial charge in [0.25, 0.3) is 0 Å². The Morgan fingerprint density at radius 1 is 1.35 bits per heavy atom. The Morgan fingerprint density at radius 2 is 2.17 bits per heavy atom. The summed E-state index contributed by atoms with van der Waals surface area (Å²) < 4.78 is 5.57. The van der Waals surface area contributed by atoms with Crippen LogP contribution in [0.3, 0.4) is 0 Å². The van der Waals surface area contributed by atoms with Crippen molar-refractivity contribution in [2.45, 2.75) is 39.0 Å². The van der Waals surface area contributed by atoms with Gasteiger partial charge in [-0.05, 0) is 26.0 Å². The van der Waals surface area contributed by atoms with Crippen LogP contribution in [0.2, 0.25) is 0 Å². The largest absolute Gasteiger partial charge is 0.375 e. The van der Waals surface area contributed by atoms with Gasteiger partial charge in [-0.15, -0.1) is 0 Å². The molecule has 2 amide bonds. The maximum Gasteiger partial charge on any atom is 0.228 e. The van der Waals surface area contributed by atoms with E-state index in [0.29, 0.717) is 32.7 Å². The monoisotopic (exact) mass is 317 g/mol. The topological polar surface area (TPSA) is 62.7 Å². The number of aromatic nitrogens is 1. The summed E-state index contributed by atoms with van der Waals surface area (Å²) in [5, 5.41) is 0. The predicted molar refractivity (Wildman–Crippen MR) is 84.4 cm³/mol. The Balaban J connectivity index is 1.63. The molecule has 6 heteroatoms. The molecular formula is C17H23N3O3. The van der Waals surface area contributed by atoms with Gasteiger partial charge in [-0.25, -0.2) is 0 Å². The van der Waals surface area contributed by atoms with E-state index in [1.165, 1.54) is 0 Å². The second kappa shape index (κ2) is 6.66. The highest BCUT2D eigenvalue weighted by molar-refractivity contribution is 5.89. The van der Waals surface area contributed by atoms with E-state index >= 15 is 0 Å². The lowest BCUT2D eigenvalue weighted by molar-refractivity contribution is -0.147. The summed E-state index contributed by atoms with van der Waals surface area (Å²) in [6.45, 7) is 6.08. The van der Waals surface area contributed by atoms with Crippen molar-refractivity contribution in [1.29, 1.82) is 0 Å².